The minimum atomic E-state index is -0.338. The summed E-state index contributed by atoms with van der Waals surface area (Å²) in [6.07, 6.45) is 1.95. The average Bonchev–Trinajstić information content (AvgIpc) is 3.18. The van der Waals surface area contributed by atoms with Crippen molar-refractivity contribution in [2.75, 3.05) is 31.6 Å². The normalized spacial score (nSPS) is 17.3. The number of carbonyl (C=O) groups excluding carboxylic acids is 1. The van der Waals surface area contributed by atoms with Crippen molar-refractivity contribution in [3.8, 4) is 5.75 Å². The number of fused-ring (bicyclic) bond motifs is 2. The number of hydrogen-bond acceptors (Lipinski definition) is 3. The van der Waals surface area contributed by atoms with Crippen LogP contribution >= 0.6 is 0 Å². The molecule has 2 aliphatic heterocycles. The van der Waals surface area contributed by atoms with Crippen molar-refractivity contribution in [2.24, 2.45) is 0 Å². The van der Waals surface area contributed by atoms with Crippen molar-refractivity contribution < 1.29 is 13.9 Å². The zero-order valence-electron chi connectivity index (χ0n) is 21.7. The van der Waals surface area contributed by atoms with E-state index in [2.05, 4.69) is 56.0 Å². The molecule has 1 saturated heterocycles. The zero-order chi connectivity index (χ0) is 25.5. The lowest BCUT2D eigenvalue weighted by molar-refractivity contribution is 0.0975. The van der Waals surface area contributed by atoms with Crippen LogP contribution in [0.25, 0.3) is 0 Å². The molecule has 0 bridgehead atoms. The molecular weight excluding hydrogens is 451 g/mol. The van der Waals surface area contributed by atoms with Crippen LogP contribution in [0.1, 0.15) is 60.7 Å². The van der Waals surface area contributed by atoms with Crippen molar-refractivity contribution in [1.29, 1.82) is 0 Å². The average molecular weight is 487 g/mol. The Hall–Kier alpha value is -3.18. The predicted molar refractivity (Wildman–Crippen MR) is 142 cm³/mol. The molecule has 0 aliphatic carbocycles. The summed E-state index contributed by atoms with van der Waals surface area (Å²) in [6.45, 7) is 10.2. The van der Waals surface area contributed by atoms with Gasteiger partial charge in [-0.3, -0.25) is 9.69 Å². The number of amides is 1. The number of ether oxygens (including phenoxy) is 1. The number of hydrogen-bond donors (Lipinski definition) is 0. The van der Waals surface area contributed by atoms with Gasteiger partial charge in [0, 0.05) is 29.8 Å². The number of benzene rings is 3. The van der Waals surface area contributed by atoms with Gasteiger partial charge in [-0.1, -0.05) is 45.0 Å². The van der Waals surface area contributed by atoms with Gasteiger partial charge in [0.1, 0.15) is 11.6 Å². The zero-order valence-corrected chi connectivity index (χ0v) is 21.7. The second kappa shape index (κ2) is 9.36. The van der Waals surface area contributed by atoms with Crippen LogP contribution in [0.4, 0.5) is 10.1 Å². The number of methoxy groups -OCH3 is 1. The van der Waals surface area contributed by atoms with Crippen molar-refractivity contribution >= 4 is 11.6 Å². The number of halogens is 1. The molecular formula is C31H35FN2O2. The smallest absolute Gasteiger partial charge is 0.258 e. The van der Waals surface area contributed by atoms with Gasteiger partial charge in [-0.2, -0.15) is 0 Å². The van der Waals surface area contributed by atoms with Gasteiger partial charge in [0.15, 0.2) is 0 Å². The van der Waals surface area contributed by atoms with Gasteiger partial charge in [0.2, 0.25) is 0 Å². The molecule has 0 atom stereocenters. The van der Waals surface area contributed by atoms with E-state index >= 15 is 0 Å². The lowest BCUT2D eigenvalue weighted by Crippen LogP contribution is -2.45. The Morgan fingerprint density at radius 1 is 0.972 bits per heavy atom. The molecule has 0 aromatic heterocycles. The van der Waals surface area contributed by atoms with Crippen LogP contribution in [-0.4, -0.2) is 37.6 Å². The SMILES string of the molecule is COc1ccc2c(c1)C1(CCN(Cc3ccc(C(C)(C)C)cc3)CC1)CN2C(=O)c1ccc(F)cc1. The van der Waals surface area contributed by atoms with E-state index in [1.165, 1.54) is 28.8 Å². The number of nitrogens with zero attached hydrogens (tertiary/aromatic N) is 2. The fraction of sp³-hybridized carbons (Fsp3) is 0.387. The van der Waals surface area contributed by atoms with E-state index in [1.807, 2.05) is 17.0 Å². The van der Waals surface area contributed by atoms with Gasteiger partial charge in [-0.15, -0.1) is 0 Å². The third-order valence-corrected chi connectivity index (χ3v) is 7.90. The van der Waals surface area contributed by atoms with E-state index in [0.29, 0.717) is 12.1 Å². The Balaban J connectivity index is 1.35. The van der Waals surface area contributed by atoms with Crippen LogP contribution in [-0.2, 0) is 17.4 Å². The second-order valence-corrected chi connectivity index (χ2v) is 11.3. The highest BCUT2D eigenvalue weighted by molar-refractivity contribution is 6.07. The molecule has 5 heteroatoms. The summed E-state index contributed by atoms with van der Waals surface area (Å²) >= 11 is 0. The first-order valence-electron chi connectivity index (χ1n) is 12.8. The molecule has 3 aromatic rings. The number of carbonyl (C=O) groups is 1. The molecule has 2 aliphatic rings. The molecule has 0 radical (unpaired) electrons. The Labute approximate surface area is 213 Å². The molecule has 1 amide bonds. The largest absolute Gasteiger partial charge is 0.497 e. The first-order chi connectivity index (χ1) is 17.2. The fourth-order valence-corrected chi connectivity index (χ4v) is 5.64. The molecule has 2 heterocycles. The van der Waals surface area contributed by atoms with E-state index in [9.17, 15) is 9.18 Å². The standard InChI is InChI=1S/C31H35FN2O2/c1-30(2,3)24-9-5-22(6-10-24)20-33-17-15-31(16-18-33)21-34(28-14-13-26(36-4)19-27(28)31)29(35)23-7-11-25(32)12-8-23/h5-14,19H,15-18,20-21H2,1-4H3. The van der Waals surface area contributed by atoms with Crippen LogP contribution in [0.15, 0.2) is 66.7 Å². The maximum Gasteiger partial charge on any atom is 0.258 e. The molecule has 188 valence electrons. The molecule has 4 nitrogen and oxygen atoms in total. The summed E-state index contributed by atoms with van der Waals surface area (Å²) in [4.78, 5) is 17.9. The maximum absolute atomic E-state index is 13.5. The highest BCUT2D eigenvalue weighted by Crippen LogP contribution is 2.48. The maximum atomic E-state index is 13.5. The first kappa shape index (κ1) is 24.5. The van der Waals surface area contributed by atoms with Crippen LogP contribution in [0, 0.1) is 5.82 Å². The molecule has 5 rings (SSSR count). The van der Waals surface area contributed by atoms with E-state index < -0.39 is 0 Å². The summed E-state index contributed by atoms with van der Waals surface area (Å²) in [5.41, 5.74) is 5.37. The summed E-state index contributed by atoms with van der Waals surface area (Å²) in [5, 5.41) is 0. The van der Waals surface area contributed by atoms with Gasteiger partial charge < -0.3 is 9.64 Å². The Morgan fingerprint density at radius 3 is 2.25 bits per heavy atom. The number of anilines is 1. The summed E-state index contributed by atoms with van der Waals surface area (Å²) in [7, 11) is 1.68. The van der Waals surface area contributed by atoms with Gasteiger partial charge in [-0.05, 0) is 90.5 Å². The van der Waals surface area contributed by atoms with Gasteiger partial charge in [0.25, 0.3) is 5.91 Å². The van der Waals surface area contributed by atoms with Gasteiger partial charge in [0.05, 0.1) is 7.11 Å². The number of piperidine rings is 1. The molecule has 0 unspecified atom stereocenters. The highest BCUT2D eigenvalue weighted by atomic mass is 19.1. The molecule has 36 heavy (non-hydrogen) atoms. The Bertz CT molecular complexity index is 1240. The van der Waals surface area contributed by atoms with E-state index in [1.54, 1.807) is 19.2 Å². The fourth-order valence-electron chi connectivity index (χ4n) is 5.64. The first-order valence-corrected chi connectivity index (χ1v) is 12.8. The molecule has 1 spiro atoms. The topological polar surface area (TPSA) is 32.8 Å². The highest BCUT2D eigenvalue weighted by Gasteiger charge is 2.46. The second-order valence-electron chi connectivity index (χ2n) is 11.3. The molecule has 0 N–H and O–H groups in total. The minimum absolute atomic E-state index is 0.0836. The minimum Gasteiger partial charge on any atom is -0.497 e. The monoisotopic (exact) mass is 486 g/mol. The van der Waals surface area contributed by atoms with Crippen molar-refractivity contribution in [3.63, 3.8) is 0 Å². The lowest BCUT2D eigenvalue weighted by Gasteiger charge is -2.40. The number of likely N-dealkylation sites (tertiary alicyclic amines) is 1. The van der Waals surface area contributed by atoms with Crippen LogP contribution < -0.4 is 9.64 Å². The molecule has 3 aromatic carbocycles. The van der Waals surface area contributed by atoms with E-state index in [0.717, 1.165) is 43.9 Å². The Morgan fingerprint density at radius 2 is 1.64 bits per heavy atom. The van der Waals surface area contributed by atoms with Gasteiger partial charge >= 0.3 is 0 Å². The quantitative estimate of drug-likeness (QED) is 0.432. The summed E-state index contributed by atoms with van der Waals surface area (Å²) in [5.74, 6) is 0.389. The molecule has 0 saturated carbocycles. The summed E-state index contributed by atoms with van der Waals surface area (Å²) in [6, 6.07) is 20.9. The lowest BCUT2D eigenvalue weighted by atomic mass is 9.74. The van der Waals surface area contributed by atoms with Crippen molar-refractivity contribution in [2.45, 2.75) is 51.0 Å². The Kier molecular flexibility index (Phi) is 6.37. The van der Waals surface area contributed by atoms with Crippen LogP contribution in [0.3, 0.4) is 0 Å². The molecule has 1 fully saturated rings. The third-order valence-electron chi connectivity index (χ3n) is 7.90. The van der Waals surface area contributed by atoms with Gasteiger partial charge in [-0.25, -0.2) is 4.39 Å². The van der Waals surface area contributed by atoms with Crippen LogP contribution in [0.2, 0.25) is 0 Å². The van der Waals surface area contributed by atoms with E-state index in [-0.39, 0.29) is 22.6 Å². The van der Waals surface area contributed by atoms with Crippen molar-refractivity contribution in [3.05, 3.63) is 94.8 Å². The van der Waals surface area contributed by atoms with Crippen LogP contribution in [0.5, 0.6) is 5.75 Å². The van der Waals surface area contributed by atoms with E-state index in [4.69, 9.17) is 4.74 Å². The van der Waals surface area contributed by atoms with Crippen molar-refractivity contribution in [1.82, 2.24) is 4.90 Å². The number of rotatable bonds is 4. The summed E-state index contributed by atoms with van der Waals surface area (Å²) < 4.78 is 19.0. The predicted octanol–water partition coefficient (Wildman–Crippen LogP) is 6.33. The third kappa shape index (κ3) is 4.64.